The quantitative estimate of drug-likeness (QED) is 0.667. The number of rotatable bonds is 4. The molecular weight excluding hydrogens is 280 g/mol. The van der Waals surface area contributed by atoms with E-state index in [4.69, 9.17) is 0 Å². The highest BCUT2D eigenvalue weighted by Crippen LogP contribution is 2.24. The van der Waals surface area contributed by atoms with Crippen LogP contribution in [0.4, 0.5) is 0 Å². The van der Waals surface area contributed by atoms with Crippen LogP contribution in [0.15, 0.2) is 42.5 Å². The van der Waals surface area contributed by atoms with Crippen molar-refractivity contribution in [2.24, 2.45) is 0 Å². The average Bonchev–Trinajstić information content (AvgIpc) is 2.45. The van der Waals surface area contributed by atoms with Crippen LogP contribution < -0.4 is 0 Å². The number of carboxylic acids is 2. The third-order valence-corrected chi connectivity index (χ3v) is 3.39. The minimum atomic E-state index is -1.09. The molecule has 4 heteroatoms. The highest BCUT2D eigenvalue weighted by molar-refractivity contribution is 6.21. The van der Waals surface area contributed by atoms with Crippen molar-refractivity contribution in [1.29, 1.82) is 0 Å². The molecule has 112 valence electrons. The smallest absolute Gasteiger partial charge is 0.336 e. The van der Waals surface area contributed by atoms with E-state index < -0.39 is 11.9 Å². The number of benzene rings is 2. The monoisotopic (exact) mass is 296 g/mol. The molecule has 0 radical (unpaired) electrons. The molecule has 0 amide bonds. The summed E-state index contributed by atoms with van der Waals surface area (Å²) in [5.74, 6) is -2.18. The molecular formula is C18H16O4. The SMILES string of the molecule is Cc1ccc(/C(=C/c2ccccc2C(=O)O)C(=O)O)c(C)c1. The van der Waals surface area contributed by atoms with Gasteiger partial charge in [0.2, 0.25) is 0 Å². The Labute approximate surface area is 128 Å². The Bertz CT molecular complexity index is 772. The fourth-order valence-corrected chi connectivity index (χ4v) is 2.34. The van der Waals surface area contributed by atoms with Gasteiger partial charge in [0.25, 0.3) is 0 Å². The largest absolute Gasteiger partial charge is 0.478 e. The van der Waals surface area contributed by atoms with Gasteiger partial charge in [-0.2, -0.15) is 0 Å². The van der Waals surface area contributed by atoms with Crippen molar-refractivity contribution in [3.8, 4) is 0 Å². The van der Waals surface area contributed by atoms with Gasteiger partial charge >= 0.3 is 11.9 Å². The van der Waals surface area contributed by atoms with Gasteiger partial charge in [-0.15, -0.1) is 0 Å². The zero-order valence-corrected chi connectivity index (χ0v) is 12.3. The Morgan fingerprint density at radius 3 is 2.23 bits per heavy atom. The molecule has 0 bridgehead atoms. The lowest BCUT2D eigenvalue weighted by atomic mass is 9.95. The van der Waals surface area contributed by atoms with Gasteiger partial charge in [0.05, 0.1) is 11.1 Å². The third kappa shape index (κ3) is 3.23. The second-order valence-electron chi connectivity index (χ2n) is 5.07. The first-order valence-electron chi connectivity index (χ1n) is 6.75. The molecule has 4 nitrogen and oxygen atoms in total. The second kappa shape index (κ2) is 6.26. The van der Waals surface area contributed by atoms with Gasteiger partial charge in [0.1, 0.15) is 0 Å². The number of aliphatic carboxylic acids is 1. The van der Waals surface area contributed by atoms with E-state index in [2.05, 4.69) is 0 Å². The molecule has 0 aliphatic rings. The molecule has 0 aliphatic heterocycles. The first-order valence-corrected chi connectivity index (χ1v) is 6.75. The molecule has 0 atom stereocenters. The molecule has 2 rings (SSSR count). The molecule has 0 spiro atoms. The Balaban J connectivity index is 2.63. The second-order valence-corrected chi connectivity index (χ2v) is 5.07. The summed E-state index contributed by atoms with van der Waals surface area (Å²) < 4.78 is 0. The van der Waals surface area contributed by atoms with Crippen molar-refractivity contribution < 1.29 is 19.8 Å². The van der Waals surface area contributed by atoms with Gasteiger partial charge in [-0.05, 0) is 42.7 Å². The standard InChI is InChI=1S/C18H16O4/c1-11-7-8-14(12(2)9-11)16(18(21)22)10-13-5-3-4-6-15(13)17(19)20/h3-10H,1-2H3,(H,19,20)(H,21,22)/b16-10-. The maximum atomic E-state index is 11.6. The topological polar surface area (TPSA) is 74.6 Å². The van der Waals surface area contributed by atoms with E-state index in [1.54, 1.807) is 24.3 Å². The molecule has 0 aliphatic carbocycles. The molecule has 0 saturated carbocycles. The lowest BCUT2D eigenvalue weighted by Gasteiger charge is -2.09. The molecule has 0 unspecified atom stereocenters. The number of aromatic carboxylic acids is 1. The maximum Gasteiger partial charge on any atom is 0.336 e. The van der Waals surface area contributed by atoms with Gasteiger partial charge in [-0.25, -0.2) is 9.59 Å². The van der Waals surface area contributed by atoms with Crippen molar-refractivity contribution >= 4 is 23.6 Å². The van der Waals surface area contributed by atoms with Crippen LogP contribution in [-0.4, -0.2) is 22.2 Å². The van der Waals surface area contributed by atoms with Crippen LogP contribution in [0.5, 0.6) is 0 Å². The van der Waals surface area contributed by atoms with E-state index in [0.717, 1.165) is 11.1 Å². The number of carbonyl (C=O) groups is 2. The van der Waals surface area contributed by atoms with Gasteiger partial charge in [0.15, 0.2) is 0 Å². The number of carboxylic acid groups (broad SMARTS) is 2. The minimum Gasteiger partial charge on any atom is -0.478 e. The maximum absolute atomic E-state index is 11.6. The van der Waals surface area contributed by atoms with Crippen molar-refractivity contribution in [2.75, 3.05) is 0 Å². The molecule has 2 aromatic carbocycles. The molecule has 2 N–H and O–H groups in total. The Hall–Kier alpha value is -2.88. The third-order valence-electron chi connectivity index (χ3n) is 3.39. The van der Waals surface area contributed by atoms with E-state index in [-0.39, 0.29) is 11.1 Å². The van der Waals surface area contributed by atoms with Crippen LogP contribution >= 0.6 is 0 Å². The van der Waals surface area contributed by atoms with Crippen molar-refractivity contribution in [1.82, 2.24) is 0 Å². The predicted molar refractivity (Wildman–Crippen MR) is 84.8 cm³/mol. The van der Waals surface area contributed by atoms with Crippen LogP contribution in [0.1, 0.15) is 32.6 Å². The van der Waals surface area contributed by atoms with Gasteiger partial charge < -0.3 is 10.2 Å². The molecule has 0 saturated heterocycles. The van der Waals surface area contributed by atoms with E-state index in [9.17, 15) is 19.8 Å². The summed E-state index contributed by atoms with van der Waals surface area (Å²) in [4.78, 5) is 22.9. The van der Waals surface area contributed by atoms with Crippen molar-refractivity contribution in [3.63, 3.8) is 0 Å². The highest BCUT2D eigenvalue weighted by Gasteiger charge is 2.15. The van der Waals surface area contributed by atoms with Gasteiger partial charge in [-0.3, -0.25) is 0 Å². The zero-order valence-electron chi connectivity index (χ0n) is 12.3. The Morgan fingerprint density at radius 1 is 0.955 bits per heavy atom. The van der Waals surface area contributed by atoms with Gasteiger partial charge in [-0.1, -0.05) is 42.0 Å². The van der Waals surface area contributed by atoms with E-state index >= 15 is 0 Å². The predicted octanol–water partition coefficient (Wildman–Crippen LogP) is 3.63. The van der Waals surface area contributed by atoms with Crippen LogP contribution in [0.2, 0.25) is 0 Å². The minimum absolute atomic E-state index is 0.0750. The molecule has 22 heavy (non-hydrogen) atoms. The fraction of sp³-hybridized carbons (Fsp3) is 0.111. The summed E-state index contributed by atoms with van der Waals surface area (Å²) in [6.07, 6.45) is 1.41. The summed E-state index contributed by atoms with van der Waals surface area (Å²) in [6.45, 7) is 3.77. The lowest BCUT2D eigenvalue weighted by molar-refractivity contribution is -0.130. The van der Waals surface area contributed by atoms with E-state index in [1.165, 1.54) is 12.1 Å². The van der Waals surface area contributed by atoms with Crippen LogP contribution in [0.25, 0.3) is 11.6 Å². The first-order chi connectivity index (χ1) is 10.4. The summed E-state index contributed by atoms with van der Waals surface area (Å²) in [7, 11) is 0. The molecule has 2 aromatic rings. The number of hydrogen-bond donors (Lipinski definition) is 2. The lowest BCUT2D eigenvalue weighted by Crippen LogP contribution is -2.04. The van der Waals surface area contributed by atoms with E-state index in [1.807, 2.05) is 26.0 Å². The van der Waals surface area contributed by atoms with Gasteiger partial charge in [0, 0.05) is 0 Å². The molecule has 0 heterocycles. The molecule has 0 aromatic heterocycles. The Kier molecular flexibility index (Phi) is 4.41. The number of aryl methyl sites for hydroxylation is 2. The van der Waals surface area contributed by atoms with Crippen LogP contribution in [-0.2, 0) is 4.79 Å². The normalized spacial score (nSPS) is 11.3. The van der Waals surface area contributed by atoms with Crippen molar-refractivity contribution in [2.45, 2.75) is 13.8 Å². The first kappa shape index (κ1) is 15.5. The summed E-state index contributed by atoms with van der Waals surface area (Å²) >= 11 is 0. The summed E-state index contributed by atoms with van der Waals surface area (Å²) in [6, 6.07) is 11.8. The summed E-state index contributed by atoms with van der Waals surface area (Å²) in [5.41, 5.74) is 2.97. The average molecular weight is 296 g/mol. The van der Waals surface area contributed by atoms with Crippen LogP contribution in [0, 0.1) is 13.8 Å². The Morgan fingerprint density at radius 2 is 1.64 bits per heavy atom. The van der Waals surface area contributed by atoms with Crippen molar-refractivity contribution in [3.05, 3.63) is 70.3 Å². The summed E-state index contributed by atoms with van der Waals surface area (Å²) in [5, 5.41) is 18.7. The fourth-order valence-electron chi connectivity index (χ4n) is 2.34. The number of hydrogen-bond acceptors (Lipinski definition) is 2. The zero-order chi connectivity index (χ0) is 16.3. The van der Waals surface area contributed by atoms with E-state index in [0.29, 0.717) is 11.1 Å². The highest BCUT2D eigenvalue weighted by atomic mass is 16.4. The molecule has 0 fully saturated rings. The van der Waals surface area contributed by atoms with Crippen LogP contribution in [0.3, 0.4) is 0 Å².